The Bertz CT molecular complexity index is 1040. The van der Waals surface area contributed by atoms with E-state index in [1.54, 1.807) is 38.1 Å². The van der Waals surface area contributed by atoms with Gasteiger partial charge in [-0.1, -0.05) is 0 Å². The maximum atomic E-state index is 12.5. The molecule has 0 atom stereocenters. The van der Waals surface area contributed by atoms with Gasteiger partial charge in [0.2, 0.25) is 0 Å². The molecule has 8 heteroatoms. The molecule has 1 aromatic heterocycles. The van der Waals surface area contributed by atoms with E-state index in [1.807, 2.05) is 25.1 Å². The van der Waals surface area contributed by atoms with E-state index in [9.17, 15) is 9.90 Å². The number of anilines is 1. The van der Waals surface area contributed by atoms with E-state index in [2.05, 4.69) is 20.2 Å². The molecular formula is C21H21N5O3. The van der Waals surface area contributed by atoms with Crippen molar-refractivity contribution in [3.63, 3.8) is 0 Å². The van der Waals surface area contributed by atoms with Gasteiger partial charge in [-0.3, -0.25) is 0 Å². The molecule has 0 radical (unpaired) electrons. The molecule has 0 spiro atoms. The van der Waals surface area contributed by atoms with Gasteiger partial charge in [0.1, 0.15) is 12.1 Å². The number of ether oxygens (including phenoxy) is 1. The predicted molar refractivity (Wildman–Crippen MR) is 110 cm³/mol. The van der Waals surface area contributed by atoms with Crippen LogP contribution in [-0.2, 0) is 0 Å². The van der Waals surface area contributed by atoms with Crippen LogP contribution in [0.4, 0.5) is 17.1 Å². The monoisotopic (exact) mass is 391 g/mol. The Balaban J connectivity index is 1.91. The van der Waals surface area contributed by atoms with Gasteiger partial charge in [0.05, 0.1) is 29.3 Å². The molecule has 8 nitrogen and oxygen atoms in total. The number of carbonyl (C=O) groups excluding carboxylic acids is 1. The second-order valence-corrected chi connectivity index (χ2v) is 6.72. The lowest BCUT2D eigenvalue weighted by Crippen LogP contribution is -2.12. The first-order valence-electron chi connectivity index (χ1n) is 8.85. The number of carbonyl (C=O) groups is 1. The van der Waals surface area contributed by atoms with Crippen LogP contribution in [0.3, 0.4) is 0 Å². The molecule has 2 aromatic carbocycles. The fraction of sp³-hybridized carbons (Fsp3) is 0.190. The summed E-state index contributed by atoms with van der Waals surface area (Å²) in [5.41, 5.74) is 3.64. The summed E-state index contributed by atoms with van der Waals surface area (Å²) in [4.78, 5) is 22.1. The highest BCUT2D eigenvalue weighted by Gasteiger charge is 2.13. The van der Waals surface area contributed by atoms with Crippen LogP contribution >= 0.6 is 0 Å². The standard InChI is InChI=1S/C21H21N5O3/c1-13-5-16(6-14(2)20(13)27)24-25-17-7-15(8-18(9-17)26(3)4)21(28)29-19-10-22-12-23-11-19/h5-12,27H,1-4H3. The van der Waals surface area contributed by atoms with E-state index in [4.69, 9.17) is 4.74 Å². The molecule has 1 N–H and O–H groups in total. The van der Waals surface area contributed by atoms with Crippen molar-refractivity contribution in [2.45, 2.75) is 13.8 Å². The fourth-order valence-electron chi connectivity index (χ4n) is 2.64. The Hall–Kier alpha value is -3.81. The zero-order chi connectivity index (χ0) is 21.0. The Morgan fingerprint density at radius 1 is 0.966 bits per heavy atom. The van der Waals surface area contributed by atoms with Crippen molar-refractivity contribution in [3.05, 3.63) is 65.7 Å². The number of hydrogen-bond acceptors (Lipinski definition) is 8. The Morgan fingerprint density at radius 2 is 1.55 bits per heavy atom. The molecule has 0 aliphatic heterocycles. The first-order chi connectivity index (χ1) is 13.8. The Kier molecular flexibility index (Phi) is 5.82. The van der Waals surface area contributed by atoms with Gasteiger partial charge in [-0.05, 0) is 55.3 Å². The van der Waals surface area contributed by atoms with Gasteiger partial charge < -0.3 is 14.7 Å². The van der Waals surface area contributed by atoms with Gasteiger partial charge in [0, 0.05) is 19.8 Å². The number of rotatable bonds is 5. The van der Waals surface area contributed by atoms with Crippen LogP contribution in [0.15, 0.2) is 59.3 Å². The molecular weight excluding hydrogens is 370 g/mol. The van der Waals surface area contributed by atoms with Crippen LogP contribution in [0.5, 0.6) is 11.5 Å². The molecule has 0 saturated carbocycles. The van der Waals surface area contributed by atoms with Gasteiger partial charge in [0.25, 0.3) is 0 Å². The van der Waals surface area contributed by atoms with E-state index >= 15 is 0 Å². The highest BCUT2D eigenvalue weighted by atomic mass is 16.5. The Morgan fingerprint density at radius 3 is 2.14 bits per heavy atom. The van der Waals surface area contributed by atoms with Crippen LogP contribution in [0.25, 0.3) is 0 Å². The summed E-state index contributed by atoms with van der Waals surface area (Å²) in [6.07, 6.45) is 4.18. The summed E-state index contributed by atoms with van der Waals surface area (Å²) in [6.45, 7) is 3.60. The van der Waals surface area contributed by atoms with Crippen LogP contribution in [0.2, 0.25) is 0 Å². The van der Waals surface area contributed by atoms with Crippen LogP contribution in [0.1, 0.15) is 21.5 Å². The molecule has 0 amide bonds. The predicted octanol–water partition coefficient (Wildman–Crippen LogP) is 4.50. The highest BCUT2D eigenvalue weighted by Crippen LogP contribution is 2.30. The van der Waals surface area contributed by atoms with Crippen molar-refractivity contribution in [2.24, 2.45) is 10.2 Å². The molecule has 0 aliphatic rings. The number of aryl methyl sites for hydroxylation is 2. The van der Waals surface area contributed by atoms with E-state index < -0.39 is 5.97 Å². The van der Waals surface area contributed by atoms with E-state index in [0.717, 1.165) is 16.8 Å². The van der Waals surface area contributed by atoms with Gasteiger partial charge in [-0.15, -0.1) is 0 Å². The third-order valence-electron chi connectivity index (χ3n) is 4.16. The molecule has 0 aliphatic carbocycles. The maximum Gasteiger partial charge on any atom is 0.343 e. The van der Waals surface area contributed by atoms with Crippen LogP contribution in [0, 0.1) is 13.8 Å². The number of phenols is 1. The first-order valence-corrected chi connectivity index (χ1v) is 8.85. The summed E-state index contributed by atoms with van der Waals surface area (Å²) in [6, 6.07) is 8.60. The summed E-state index contributed by atoms with van der Waals surface area (Å²) >= 11 is 0. The summed E-state index contributed by atoms with van der Waals surface area (Å²) in [5, 5.41) is 18.4. The second kappa shape index (κ2) is 8.47. The number of aromatic nitrogens is 2. The molecule has 3 rings (SSSR count). The zero-order valence-corrected chi connectivity index (χ0v) is 16.6. The second-order valence-electron chi connectivity index (χ2n) is 6.72. The van der Waals surface area contributed by atoms with Crippen molar-refractivity contribution >= 4 is 23.0 Å². The van der Waals surface area contributed by atoms with Crippen molar-refractivity contribution in [3.8, 4) is 11.5 Å². The minimum Gasteiger partial charge on any atom is -0.507 e. The van der Waals surface area contributed by atoms with E-state index in [0.29, 0.717) is 16.9 Å². The molecule has 1 heterocycles. The van der Waals surface area contributed by atoms with Crippen molar-refractivity contribution in [2.75, 3.05) is 19.0 Å². The van der Waals surface area contributed by atoms with Crippen molar-refractivity contribution in [1.82, 2.24) is 9.97 Å². The average Bonchev–Trinajstić information content (AvgIpc) is 2.70. The number of phenolic OH excluding ortho intramolecular Hbond substituents is 1. The molecule has 148 valence electrons. The van der Waals surface area contributed by atoms with Gasteiger partial charge in [0.15, 0.2) is 5.75 Å². The number of benzene rings is 2. The quantitative estimate of drug-likeness (QED) is 0.508. The number of hydrogen-bond donors (Lipinski definition) is 1. The summed E-state index contributed by atoms with van der Waals surface area (Å²) in [5.74, 6) is -0.0456. The number of esters is 1. The van der Waals surface area contributed by atoms with Gasteiger partial charge in [-0.25, -0.2) is 14.8 Å². The van der Waals surface area contributed by atoms with E-state index in [-0.39, 0.29) is 11.5 Å². The number of nitrogens with zero attached hydrogens (tertiary/aromatic N) is 5. The summed E-state index contributed by atoms with van der Waals surface area (Å²) < 4.78 is 5.32. The molecule has 0 bridgehead atoms. The largest absolute Gasteiger partial charge is 0.507 e. The third kappa shape index (κ3) is 4.92. The number of azo groups is 1. The molecule has 3 aromatic rings. The lowest BCUT2D eigenvalue weighted by Gasteiger charge is -2.14. The molecule has 0 fully saturated rings. The molecule has 0 unspecified atom stereocenters. The van der Waals surface area contributed by atoms with Crippen molar-refractivity contribution in [1.29, 1.82) is 0 Å². The minimum atomic E-state index is -0.545. The lowest BCUT2D eigenvalue weighted by molar-refractivity contribution is 0.0733. The third-order valence-corrected chi connectivity index (χ3v) is 4.16. The van der Waals surface area contributed by atoms with E-state index in [1.165, 1.54) is 18.7 Å². The lowest BCUT2D eigenvalue weighted by atomic mass is 10.1. The summed E-state index contributed by atoms with van der Waals surface area (Å²) in [7, 11) is 3.73. The Labute approximate surface area is 168 Å². The molecule has 29 heavy (non-hydrogen) atoms. The fourth-order valence-corrected chi connectivity index (χ4v) is 2.64. The minimum absolute atomic E-state index is 0.244. The van der Waals surface area contributed by atoms with Gasteiger partial charge in [-0.2, -0.15) is 10.2 Å². The SMILES string of the molecule is Cc1cc(N=Nc2cc(C(=O)Oc3cncnc3)cc(N(C)C)c2)cc(C)c1O. The highest BCUT2D eigenvalue weighted by molar-refractivity contribution is 5.93. The number of aromatic hydroxyl groups is 1. The van der Waals surface area contributed by atoms with Gasteiger partial charge >= 0.3 is 5.97 Å². The van der Waals surface area contributed by atoms with Crippen LogP contribution < -0.4 is 9.64 Å². The van der Waals surface area contributed by atoms with Crippen LogP contribution in [-0.4, -0.2) is 35.1 Å². The smallest absolute Gasteiger partial charge is 0.343 e. The maximum absolute atomic E-state index is 12.5. The topological polar surface area (TPSA) is 100 Å². The average molecular weight is 391 g/mol. The zero-order valence-electron chi connectivity index (χ0n) is 16.6. The molecule has 0 saturated heterocycles. The van der Waals surface area contributed by atoms with Crippen molar-refractivity contribution < 1.29 is 14.6 Å². The first kappa shape index (κ1) is 19.9. The normalized spacial score (nSPS) is 10.9.